The number of allylic oxidation sites excluding steroid dienone is 2. The lowest BCUT2D eigenvalue weighted by Gasteiger charge is -2.13. The van der Waals surface area contributed by atoms with Crippen molar-refractivity contribution >= 4 is 50.7 Å². The molecule has 3 N–H and O–H groups in total. The summed E-state index contributed by atoms with van der Waals surface area (Å²) >= 11 is 3.39. The standard InChI is InChI=1S/C29H35BrN8O5/c1-5-37-22(14-18(3)34-37)27(40)33-29-32-21-16-20(26(31)39)17-24(25(21)36(29)11-8-7-10-30)42-12-9-13-43-28(41)23-15-19(4)35-38(23)6-2/h7-8,14-17H,5-6,9-13H2,1-4H3,(H2,31,39)(H,32,33,40)/b8-7+. The number of amides is 2. The SMILES string of the molecule is CCn1nc(C)cc1C(=O)Nc1nc2cc(C(N)=O)cc(OCCCOC(=O)c3cc(C)nn3CC)c2n1C/C=C/CBr. The van der Waals surface area contributed by atoms with E-state index >= 15 is 0 Å². The molecule has 0 aliphatic heterocycles. The second-order valence-corrected chi connectivity index (χ2v) is 10.3. The second kappa shape index (κ2) is 14.1. The third-order valence-electron chi connectivity index (χ3n) is 6.48. The quantitative estimate of drug-likeness (QED) is 0.0892. The van der Waals surface area contributed by atoms with Gasteiger partial charge in [0.05, 0.1) is 30.1 Å². The van der Waals surface area contributed by atoms with Crippen LogP contribution in [0.15, 0.2) is 36.4 Å². The number of carbonyl (C=O) groups excluding carboxylic acids is 3. The number of esters is 1. The van der Waals surface area contributed by atoms with E-state index in [2.05, 4.69) is 36.4 Å². The van der Waals surface area contributed by atoms with Crippen molar-refractivity contribution in [3.8, 4) is 5.75 Å². The van der Waals surface area contributed by atoms with Crippen molar-refractivity contribution in [2.45, 2.75) is 53.8 Å². The van der Waals surface area contributed by atoms with Crippen LogP contribution in [0.3, 0.4) is 0 Å². The molecule has 0 bridgehead atoms. The number of ether oxygens (including phenoxy) is 2. The Balaban J connectivity index is 1.58. The van der Waals surface area contributed by atoms with Gasteiger partial charge >= 0.3 is 5.97 Å². The summed E-state index contributed by atoms with van der Waals surface area (Å²) in [4.78, 5) is 42.6. The van der Waals surface area contributed by atoms with Crippen LogP contribution >= 0.6 is 15.9 Å². The highest BCUT2D eigenvalue weighted by Gasteiger charge is 2.22. The van der Waals surface area contributed by atoms with Crippen molar-refractivity contribution in [3.05, 3.63) is 64.8 Å². The first-order chi connectivity index (χ1) is 20.7. The van der Waals surface area contributed by atoms with Crippen molar-refractivity contribution in [2.24, 2.45) is 5.73 Å². The molecule has 0 fully saturated rings. The summed E-state index contributed by atoms with van der Waals surface area (Å²) in [6.07, 6.45) is 4.22. The Bertz CT molecular complexity index is 1670. The third kappa shape index (κ3) is 7.31. The number of hydrogen-bond donors (Lipinski definition) is 2. The molecule has 0 aliphatic carbocycles. The fourth-order valence-corrected chi connectivity index (χ4v) is 4.83. The number of fused-ring (bicyclic) bond motifs is 1. The molecule has 0 radical (unpaired) electrons. The van der Waals surface area contributed by atoms with Gasteiger partial charge in [-0.2, -0.15) is 10.2 Å². The minimum atomic E-state index is -0.648. The smallest absolute Gasteiger partial charge is 0.356 e. The van der Waals surface area contributed by atoms with Gasteiger partial charge in [0.2, 0.25) is 11.9 Å². The minimum absolute atomic E-state index is 0.116. The summed E-state index contributed by atoms with van der Waals surface area (Å²) < 4.78 is 16.5. The van der Waals surface area contributed by atoms with E-state index in [1.54, 1.807) is 38.2 Å². The molecule has 3 aromatic heterocycles. The Morgan fingerprint density at radius 1 is 0.977 bits per heavy atom. The molecule has 0 spiro atoms. The Morgan fingerprint density at radius 2 is 1.65 bits per heavy atom. The van der Waals surface area contributed by atoms with Crippen LogP contribution < -0.4 is 15.8 Å². The van der Waals surface area contributed by atoms with Crippen molar-refractivity contribution in [3.63, 3.8) is 0 Å². The fourth-order valence-electron chi connectivity index (χ4n) is 4.56. The third-order valence-corrected chi connectivity index (χ3v) is 6.86. The number of imidazole rings is 1. The molecule has 1 aromatic carbocycles. The number of halogens is 1. The minimum Gasteiger partial charge on any atom is -0.491 e. The molecule has 0 saturated carbocycles. The van der Waals surface area contributed by atoms with Crippen LogP contribution in [0.5, 0.6) is 5.75 Å². The molecular formula is C29H35BrN8O5. The number of aryl methyl sites for hydroxylation is 4. The largest absolute Gasteiger partial charge is 0.491 e. The van der Waals surface area contributed by atoms with Crippen LogP contribution in [0, 0.1) is 13.8 Å². The van der Waals surface area contributed by atoms with E-state index in [-0.39, 0.29) is 30.6 Å². The van der Waals surface area contributed by atoms with Crippen molar-refractivity contribution < 1.29 is 23.9 Å². The molecule has 0 aliphatic rings. The number of nitrogens with one attached hydrogen (secondary N) is 1. The maximum absolute atomic E-state index is 13.3. The lowest BCUT2D eigenvalue weighted by Crippen LogP contribution is -2.20. The Hall–Kier alpha value is -4.46. The maximum atomic E-state index is 13.3. The number of nitrogens with two attached hydrogens (primary N) is 1. The molecule has 2 amide bonds. The van der Waals surface area contributed by atoms with Gasteiger partial charge in [-0.3, -0.25) is 24.3 Å². The van der Waals surface area contributed by atoms with Gasteiger partial charge < -0.3 is 19.8 Å². The topological polar surface area (TPSA) is 161 Å². The van der Waals surface area contributed by atoms with Gasteiger partial charge in [0, 0.05) is 36.9 Å². The number of carbonyl (C=O) groups is 3. The summed E-state index contributed by atoms with van der Waals surface area (Å²) in [5.74, 6) is -0.860. The molecular weight excluding hydrogens is 620 g/mol. The zero-order valence-electron chi connectivity index (χ0n) is 24.6. The molecule has 228 valence electrons. The van der Waals surface area contributed by atoms with Gasteiger partial charge in [0.1, 0.15) is 22.7 Å². The molecule has 14 heteroatoms. The van der Waals surface area contributed by atoms with Gasteiger partial charge in [-0.05, 0) is 52.0 Å². The van der Waals surface area contributed by atoms with E-state index in [1.807, 2.05) is 39.8 Å². The molecule has 3 heterocycles. The monoisotopic (exact) mass is 654 g/mol. The normalized spacial score (nSPS) is 11.4. The van der Waals surface area contributed by atoms with Crippen LogP contribution in [0.1, 0.15) is 63.0 Å². The van der Waals surface area contributed by atoms with Gasteiger partial charge in [0.15, 0.2) is 0 Å². The lowest BCUT2D eigenvalue weighted by molar-refractivity contribution is 0.0471. The molecule has 43 heavy (non-hydrogen) atoms. The van der Waals surface area contributed by atoms with Crippen molar-refractivity contribution in [1.82, 2.24) is 29.1 Å². The summed E-state index contributed by atoms with van der Waals surface area (Å²) in [6, 6.07) is 6.51. The van der Waals surface area contributed by atoms with E-state index in [0.717, 1.165) is 11.4 Å². The van der Waals surface area contributed by atoms with E-state index < -0.39 is 11.9 Å². The first kappa shape index (κ1) is 31.5. The fraction of sp³-hybridized carbons (Fsp3) is 0.379. The van der Waals surface area contributed by atoms with Gasteiger partial charge in [-0.1, -0.05) is 28.1 Å². The lowest BCUT2D eigenvalue weighted by atomic mass is 10.1. The summed E-state index contributed by atoms with van der Waals surface area (Å²) in [6.45, 7) is 9.17. The van der Waals surface area contributed by atoms with E-state index in [1.165, 1.54) is 0 Å². The first-order valence-electron chi connectivity index (χ1n) is 13.9. The van der Waals surface area contributed by atoms with Crippen LogP contribution in [-0.4, -0.2) is 65.4 Å². The summed E-state index contributed by atoms with van der Waals surface area (Å²) in [5.41, 5.74) is 9.05. The predicted octanol–water partition coefficient (Wildman–Crippen LogP) is 4.01. The molecule has 0 unspecified atom stereocenters. The number of nitrogens with zero attached hydrogens (tertiary/aromatic N) is 6. The highest BCUT2D eigenvalue weighted by Crippen LogP contribution is 2.31. The first-order valence-corrected chi connectivity index (χ1v) is 15.0. The molecule has 4 aromatic rings. The molecule has 0 atom stereocenters. The zero-order valence-corrected chi connectivity index (χ0v) is 26.2. The highest BCUT2D eigenvalue weighted by atomic mass is 79.9. The van der Waals surface area contributed by atoms with Crippen LogP contribution in [-0.2, 0) is 24.4 Å². The Labute approximate surface area is 257 Å². The van der Waals surface area contributed by atoms with Gasteiger partial charge in [-0.25, -0.2) is 9.78 Å². The number of aromatic nitrogens is 6. The Kier molecular flexibility index (Phi) is 10.3. The number of anilines is 1. The second-order valence-electron chi connectivity index (χ2n) is 9.64. The average Bonchev–Trinajstić information content (AvgIpc) is 3.66. The van der Waals surface area contributed by atoms with Gasteiger partial charge in [0.25, 0.3) is 5.91 Å². The highest BCUT2D eigenvalue weighted by molar-refractivity contribution is 9.09. The number of alkyl halides is 1. The van der Waals surface area contributed by atoms with Gasteiger partial charge in [-0.15, -0.1) is 0 Å². The maximum Gasteiger partial charge on any atom is 0.356 e. The molecule has 0 saturated heterocycles. The summed E-state index contributed by atoms with van der Waals surface area (Å²) in [7, 11) is 0. The van der Waals surface area contributed by atoms with Crippen molar-refractivity contribution in [1.29, 1.82) is 0 Å². The number of rotatable bonds is 14. The molecule has 13 nitrogen and oxygen atoms in total. The van der Waals surface area contributed by atoms with E-state index in [4.69, 9.17) is 15.2 Å². The average molecular weight is 656 g/mol. The van der Waals surface area contributed by atoms with E-state index in [9.17, 15) is 14.4 Å². The number of hydrogen-bond acceptors (Lipinski definition) is 8. The van der Waals surface area contributed by atoms with E-state index in [0.29, 0.717) is 59.6 Å². The van der Waals surface area contributed by atoms with Crippen LogP contribution in [0.4, 0.5) is 5.95 Å². The summed E-state index contributed by atoms with van der Waals surface area (Å²) in [5, 5.41) is 12.2. The van der Waals surface area contributed by atoms with Crippen molar-refractivity contribution in [2.75, 3.05) is 23.9 Å². The van der Waals surface area contributed by atoms with Crippen LogP contribution in [0.25, 0.3) is 11.0 Å². The zero-order chi connectivity index (χ0) is 31.1. The molecule has 4 rings (SSSR count). The Morgan fingerprint density at radius 3 is 2.30 bits per heavy atom. The van der Waals surface area contributed by atoms with Crippen LogP contribution in [0.2, 0.25) is 0 Å². The number of benzene rings is 1. The number of primary amides is 1. The predicted molar refractivity (Wildman–Crippen MR) is 165 cm³/mol.